The van der Waals surface area contributed by atoms with Crippen LogP contribution >= 0.6 is 0 Å². The lowest BCUT2D eigenvalue weighted by molar-refractivity contribution is -0.0565. The lowest BCUT2D eigenvalue weighted by Gasteiger charge is -2.43. The second kappa shape index (κ2) is 5.10. The van der Waals surface area contributed by atoms with Crippen molar-refractivity contribution in [3.8, 4) is 0 Å². The molecule has 14 heavy (non-hydrogen) atoms. The molecule has 0 bridgehead atoms. The summed E-state index contributed by atoms with van der Waals surface area (Å²) in [6.07, 6.45) is 1.12. The first-order valence-corrected chi connectivity index (χ1v) is 5.59. The van der Waals surface area contributed by atoms with Crippen molar-refractivity contribution in [1.29, 1.82) is 0 Å². The predicted octanol–water partition coefficient (Wildman–Crippen LogP) is 1.08. The van der Waals surface area contributed by atoms with Crippen LogP contribution < -0.4 is 5.73 Å². The zero-order valence-corrected chi connectivity index (χ0v) is 9.75. The Morgan fingerprint density at radius 1 is 1.50 bits per heavy atom. The molecule has 0 aromatic rings. The first-order chi connectivity index (χ1) is 6.56. The second-order valence-electron chi connectivity index (χ2n) is 4.99. The standard InChI is InChI=1S/C11H24N2O/c1-10(4-5-12)8-13-6-7-14-9-11(13,2)3/h10H,4-9,12H2,1-3H3. The lowest BCUT2D eigenvalue weighted by atomic mass is 9.99. The molecule has 0 aromatic heterocycles. The van der Waals surface area contributed by atoms with Crippen LogP contribution in [0.5, 0.6) is 0 Å². The Bertz CT molecular complexity index is 171. The van der Waals surface area contributed by atoms with E-state index >= 15 is 0 Å². The molecule has 0 amide bonds. The van der Waals surface area contributed by atoms with E-state index in [0.29, 0.717) is 5.92 Å². The number of morpholine rings is 1. The number of rotatable bonds is 4. The molecule has 1 heterocycles. The average molecular weight is 200 g/mol. The number of nitrogens with zero attached hydrogens (tertiary/aromatic N) is 1. The SMILES string of the molecule is CC(CCN)CN1CCOCC1(C)C. The van der Waals surface area contributed by atoms with Crippen LogP contribution in [0.15, 0.2) is 0 Å². The van der Waals surface area contributed by atoms with E-state index in [1.54, 1.807) is 0 Å². The monoisotopic (exact) mass is 200 g/mol. The van der Waals surface area contributed by atoms with Gasteiger partial charge in [-0.3, -0.25) is 4.90 Å². The zero-order chi connectivity index (χ0) is 10.6. The summed E-state index contributed by atoms with van der Waals surface area (Å²) in [5.41, 5.74) is 5.75. The molecule has 1 atom stereocenters. The summed E-state index contributed by atoms with van der Waals surface area (Å²) in [7, 11) is 0. The highest BCUT2D eigenvalue weighted by molar-refractivity contribution is 4.85. The van der Waals surface area contributed by atoms with Crippen molar-refractivity contribution in [3.63, 3.8) is 0 Å². The van der Waals surface area contributed by atoms with Crippen molar-refractivity contribution < 1.29 is 4.74 Å². The fraction of sp³-hybridized carbons (Fsp3) is 1.00. The minimum Gasteiger partial charge on any atom is -0.378 e. The first kappa shape index (κ1) is 12.0. The number of nitrogens with two attached hydrogens (primary N) is 1. The van der Waals surface area contributed by atoms with E-state index in [9.17, 15) is 0 Å². The smallest absolute Gasteiger partial charge is 0.0645 e. The van der Waals surface area contributed by atoms with Crippen molar-refractivity contribution in [2.75, 3.05) is 32.8 Å². The largest absolute Gasteiger partial charge is 0.378 e. The van der Waals surface area contributed by atoms with Gasteiger partial charge in [-0.25, -0.2) is 0 Å². The fourth-order valence-corrected chi connectivity index (χ4v) is 1.98. The van der Waals surface area contributed by atoms with Gasteiger partial charge in [0, 0.05) is 18.6 Å². The molecule has 1 fully saturated rings. The molecule has 2 N–H and O–H groups in total. The van der Waals surface area contributed by atoms with Gasteiger partial charge in [0.05, 0.1) is 13.2 Å². The molecule has 0 radical (unpaired) electrons. The van der Waals surface area contributed by atoms with Crippen molar-refractivity contribution in [2.45, 2.75) is 32.7 Å². The van der Waals surface area contributed by atoms with E-state index in [4.69, 9.17) is 10.5 Å². The minimum atomic E-state index is 0.196. The van der Waals surface area contributed by atoms with E-state index in [-0.39, 0.29) is 5.54 Å². The van der Waals surface area contributed by atoms with Crippen LogP contribution in [0, 0.1) is 5.92 Å². The first-order valence-electron chi connectivity index (χ1n) is 5.59. The molecule has 0 spiro atoms. The molecular formula is C11H24N2O. The zero-order valence-electron chi connectivity index (χ0n) is 9.75. The van der Waals surface area contributed by atoms with Gasteiger partial charge in [0.2, 0.25) is 0 Å². The second-order valence-corrected chi connectivity index (χ2v) is 4.99. The highest BCUT2D eigenvalue weighted by Gasteiger charge is 2.30. The van der Waals surface area contributed by atoms with Gasteiger partial charge in [-0.1, -0.05) is 6.92 Å². The Hall–Kier alpha value is -0.120. The van der Waals surface area contributed by atoms with Gasteiger partial charge >= 0.3 is 0 Å². The molecule has 0 aromatic carbocycles. The van der Waals surface area contributed by atoms with Crippen molar-refractivity contribution in [2.24, 2.45) is 11.7 Å². The van der Waals surface area contributed by atoms with Crippen molar-refractivity contribution in [3.05, 3.63) is 0 Å². The van der Waals surface area contributed by atoms with E-state index < -0.39 is 0 Å². The topological polar surface area (TPSA) is 38.5 Å². The van der Waals surface area contributed by atoms with E-state index in [1.165, 1.54) is 0 Å². The summed E-state index contributed by atoms with van der Waals surface area (Å²) in [6.45, 7) is 11.5. The van der Waals surface area contributed by atoms with Gasteiger partial charge in [0.1, 0.15) is 0 Å². The average Bonchev–Trinajstić information content (AvgIpc) is 2.09. The molecule has 1 saturated heterocycles. The van der Waals surface area contributed by atoms with Crippen LogP contribution in [0.3, 0.4) is 0 Å². The Kier molecular flexibility index (Phi) is 4.35. The third-order valence-electron chi connectivity index (χ3n) is 3.01. The Labute approximate surface area is 87.6 Å². The van der Waals surface area contributed by atoms with Gasteiger partial charge in [-0.2, -0.15) is 0 Å². The summed E-state index contributed by atoms with van der Waals surface area (Å²) >= 11 is 0. The fourth-order valence-electron chi connectivity index (χ4n) is 1.98. The lowest BCUT2D eigenvalue weighted by Crippen LogP contribution is -2.54. The highest BCUT2D eigenvalue weighted by atomic mass is 16.5. The Morgan fingerprint density at radius 3 is 2.79 bits per heavy atom. The van der Waals surface area contributed by atoms with Crippen LogP contribution in [0.2, 0.25) is 0 Å². The molecule has 1 unspecified atom stereocenters. The molecule has 3 nitrogen and oxygen atoms in total. The quantitative estimate of drug-likeness (QED) is 0.738. The van der Waals surface area contributed by atoms with Crippen LogP contribution in [0.1, 0.15) is 27.2 Å². The number of ether oxygens (including phenoxy) is 1. The molecule has 1 rings (SSSR count). The maximum Gasteiger partial charge on any atom is 0.0645 e. The van der Waals surface area contributed by atoms with Gasteiger partial charge < -0.3 is 10.5 Å². The summed E-state index contributed by atoms with van der Waals surface area (Å²) in [4.78, 5) is 2.52. The predicted molar refractivity (Wildman–Crippen MR) is 59.3 cm³/mol. The highest BCUT2D eigenvalue weighted by Crippen LogP contribution is 2.20. The number of hydrogen-bond donors (Lipinski definition) is 1. The summed E-state index contributed by atoms with van der Waals surface area (Å²) in [5, 5.41) is 0. The molecular weight excluding hydrogens is 176 g/mol. The van der Waals surface area contributed by atoms with Gasteiger partial charge in [0.25, 0.3) is 0 Å². The van der Waals surface area contributed by atoms with E-state index in [0.717, 1.165) is 39.3 Å². The van der Waals surface area contributed by atoms with Crippen LogP contribution in [-0.4, -0.2) is 43.3 Å². The van der Waals surface area contributed by atoms with Crippen molar-refractivity contribution in [1.82, 2.24) is 4.90 Å². The molecule has 1 aliphatic heterocycles. The van der Waals surface area contributed by atoms with Crippen LogP contribution in [0.25, 0.3) is 0 Å². The third-order valence-corrected chi connectivity index (χ3v) is 3.01. The molecule has 1 aliphatic rings. The maximum atomic E-state index is 5.56. The molecule has 84 valence electrons. The van der Waals surface area contributed by atoms with Gasteiger partial charge in [0.15, 0.2) is 0 Å². The summed E-state index contributed by atoms with van der Waals surface area (Å²) < 4.78 is 5.49. The normalized spacial score (nSPS) is 24.9. The van der Waals surface area contributed by atoms with Crippen LogP contribution in [-0.2, 0) is 4.74 Å². The Balaban J connectivity index is 2.41. The summed E-state index contributed by atoms with van der Waals surface area (Å²) in [6, 6.07) is 0. The molecule has 3 heteroatoms. The maximum absolute atomic E-state index is 5.56. The minimum absolute atomic E-state index is 0.196. The van der Waals surface area contributed by atoms with Gasteiger partial charge in [-0.15, -0.1) is 0 Å². The van der Waals surface area contributed by atoms with E-state index in [2.05, 4.69) is 25.7 Å². The summed E-state index contributed by atoms with van der Waals surface area (Å²) in [5.74, 6) is 0.692. The molecule has 0 aliphatic carbocycles. The van der Waals surface area contributed by atoms with Gasteiger partial charge in [-0.05, 0) is 32.7 Å². The molecule has 0 saturated carbocycles. The van der Waals surface area contributed by atoms with E-state index in [1.807, 2.05) is 0 Å². The van der Waals surface area contributed by atoms with Crippen LogP contribution in [0.4, 0.5) is 0 Å². The Morgan fingerprint density at radius 2 is 2.21 bits per heavy atom. The van der Waals surface area contributed by atoms with Crippen molar-refractivity contribution >= 4 is 0 Å². The third kappa shape index (κ3) is 3.23. The number of hydrogen-bond acceptors (Lipinski definition) is 3.